The second-order valence-corrected chi connectivity index (χ2v) is 2.78. The Morgan fingerprint density at radius 1 is 1.12 bits per heavy atom. The van der Waals surface area contributed by atoms with Gasteiger partial charge in [0.15, 0.2) is 0 Å². The molecule has 0 N–H and O–H groups in total. The predicted octanol–water partition coefficient (Wildman–Crippen LogP) is 2.60. The van der Waals surface area contributed by atoms with Crippen molar-refractivity contribution in [3.8, 4) is 0 Å². The second-order valence-electron chi connectivity index (χ2n) is 2.52. The summed E-state index contributed by atoms with van der Waals surface area (Å²) in [6.07, 6.45) is 6.83. The van der Waals surface area contributed by atoms with Crippen molar-refractivity contribution >= 4 is 18.2 Å². The van der Waals surface area contributed by atoms with Crippen LogP contribution in [0.25, 0.3) is 0 Å². The zero-order valence-corrected chi connectivity index (χ0v) is 5.82. The van der Waals surface area contributed by atoms with Gasteiger partial charge < -0.3 is 0 Å². The third-order valence-electron chi connectivity index (χ3n) is 1.83. The van der Waals surface area contributed by atoms with Crippen molar-refractivity contribution in [3.63, 3.8) is 0 Å². The summed E-state index contributed by atoms with van der Waals surface area (Å²) in [5.41, 5.74) is 0. The minimum absolute atomic E-state index is 0.727. The average Bonchev–Trinajstić information content (AvgIpc) is 1.90. The minimum Gasteiger partial charge on any atom is -0.204 e. The van der Waals surface area contributed by atoms with Crippen molar-refractivity contribution < 1.29 is 0 Å². The summed E-state index contributed by atoms with van der Waals surface area (Å²) in [4.78, 5) is 0. The van der Waals surface area contributed by atoms with Gasteiger partial charge in [0.1, 0.15) is 0 Å². The van der Waals surface area contributed by atoms with E-state index in [-0.39, 0.29) is 0 Å². The summed E-state index contributed by atoms with van der Waals surface area (Å²) in [6.45, 7) is 1.83. The van der Waals surface area contributed by atoms with Gasteiger partial charge in [0.05, 0.1) is 0 Å². The van der Waals surface area contributed by atoms with Gasteiger partial charge in [-0.15, -0.1) is 0 Å². The van der Waals surface area contributed by atoms with Gasteiger partial charge in [0, 0.05) is 0 Å². The van der Waals surface area contributed by atoms with Crippen LogP contribution in [-0.2, 0) is 0 Å². The SMILES string of the molecule is Cl[B]C1CCCCC1. The van der Waals surface area contributed by atoms with Crippen molar-refractivity contribution in [1.29, 1.82) is 0 Å². The summed E-state index contributed by atoms with van der Waals surface area (Å²) < 4.78 is 0. The van der Waals surface area contributed by atoms with E-state index in [1.807, 2.05) is 6.69 Å². The number of rotatable bonds is 1. The Bertz CT molecular complexity index is 59.5. The topological polar surface area (TPSA) is 0 Å². The molecule has 0 saturated heterocycles. The van der Waals surface area contributed by atoms with E-state index < -0.39 is 0 Å². The Kier molecular flexibility index (Phi) is 2.75. The maximum Gasteiger partial charge on any atom is 0.241 e. The minimum atomic E-state index is 0.727. The van der Waals surface area contributed by atoms with Crippen LogP contribution < -0.4 is 0 Å². The molecule has 0 aromatic heterocycles. The molecule has 1 rings (SSSR count). The molecule has 0 aliphatic heterocycles. The molecule has 0 atom stereocenters. The number of hydrogen-bond donors (Lipinski definition) is 0. The van der Waals surface area contributed by atoms with Crippen LogP contribution in [0, 0.1) is 0 Å². The third-order valence-corrected chi connectivity index (χ3v) is 2.18. The number of hydrogen-bond acceptors (Lipinski definition) is 0. The molecule has 1 aliphatic carbocycles. The zero-order chi connectivity index (χ0) is 5.82. The summed E-state index contributed by atoms with van der Waals surface area (Å²) in [5.74, 6) is 0.727. The van der Waals surface area contributed by atoms with E-state index in [2.05, 4.69) is 0 Å². The first-order chi connectivity index (χ1) is 3.93. The van der Waals surface area contributed by atoms with Gasteiger partial charge in [-0.25, -0.2) is 11.5 Å². The molecule has 0 aromatic rings. The molecule has 8 heavy (non-hydrogen) atoms. The quantitative estimate of drug-likeness (QED) is 0.478. The van der Waals surface area contributed by atoms with Gasteiger partial charge in [-0.3, -0.25) is 0 Å². The van der Waals surface area contributed by atoms with Gasteiger partial charge in [-0.05, 0) is 0 Å². The van der Waals surface area contributed by atoms with E-state index in [1.54, 1.807) is 0 Å². The van der Waals surface area contributed by atoms with Crippen LogP contribution in [0.1, 0.15) is 32.1 Å². The lowest BCUT2D eigenvalue weighted by Gasteiger charge is -2.17. The first kappa shape index (κ1) is 6.47. The Morgan fingerprint density at radius 3 is 2.12 bits per heavy atom. The normalized spacial score (nSPS) is 23.1. The maximum atomic E-state index is 5.56. The highest BCUT2D eigenvalue weighted by molar-refractivity contribution is 6.94. The Hall–Kier alpha value is 0.355. The van der Waals surface area contributed by atoms with Gasteiger partial charge >= 0.3 is 0 Å². The van der Waals surface area contributed by atoms with Crippen LogP contribution >= 0.6 is 11.5 Å². The highest BCUT2D eigenvalue weighted by Gasteiger charge is 2.12. The Morgan fingerprint density at radius 2 is 1.75 bits per heavy atom. The highest BCUT2D eigenvalue weighted by atomic mass is 35.5. The van der Waals surface area contributed by atoms with Crippen molar-refractivity contribution in [1.82, 2.24) is 0 Å². The standard InChI is InChI=1S/C6H11BCl/c8-7-6-4-2-1-3-5-6/h6H,1-5H2. The molecule has 1 radical (unpaired) electrons. The lowest BCUT2D eigenvalue weighted by molar-refractivity contribution is 0.503. The first-order valence-corrected chi connectivity index (χ1v) is 3.80. The van der Waals surface area contributed by atoms with Gasteiger partial charge in [0.2, 0.25) is 6.69 Å². The van der Waals surface area contributed by atoms with E-state index in [9.17, 15) is 0 Å². The maximum absolute atomic E-state index is 5.56. The van der Waals surface area contributed by atoms with E-state index in [0.29, 0.717) is 0 Å². The molecule has 0 spiro atoms. The Labute approximate surface area is 56.8 Å². The van der Waals surface area contributed by atoms with Crippen LogP contribution in [-0.4, -0.2) is 6.69 Å². The highest BCUT2D eigenvalue weighted by Crippen LogP contribution is 2.27. The molecule has 0 bridgehead atoms. The van der Waals surface area contributed by atoms with Crippen LogP contribution in [0.15, 0.2) is 0 Å². The van der Waals surface area contributed by atoms with Crippen LogP contribution in [0.3, 0.4) is 0 Å². The molecular formula is C6H11BCl. The molecule has 1 saturated carbocycles. The fourth-order valence-electron chi connectivity index (χ4n) is 1.26. The van der Waals surface area contributed by atoms with E-state index in [4.69, 9.17) is 11.5 Å². The molecule has 0 unspecified atom stereocenters. The monoisotopic (exact) mass is 129 g/mol. The van der Waals surface area contributed by atoms with Gasteiger partial charge in [-0.1, -0.05) is 37.9 Å². The summed E-state index contributed by atoms with van der Waals surface area (Å²) in [7, 11) is 0. The van der Waals surface area contributed by atoms with E-state index in [1.165, 1.54) is 32.1 Å². The molecular weight excluding hydrogens is 118 g/mol. The van der Waals surface area contributed by atoms with Crippen LogP contribution in [0.4, 0.5) is 0 Å². The molecule has 1 fully saturated rings. The molecule has 0 heterocycles. The van der Waals surface area contributed by atoms with E-state index in [0.717, 1.165) is 5.82 Å². The van der Waals surface area contributed by atoms with Gasteiger partial charge in [0.25, 0.3) is 0 Å². The fraction of sp³-hybridized carbons (Fsp3) is 1.00. The zero-order valence-electron chi connectivity index (χ0n) is 5.07. The van der Waals surface area contributed by atoms with Crippen molar-refractivity contribution in [2.75, 3.05) is 0 Å². The van der Waals surface area contributed by atoms with Crippen molar-refractivity contribution in [2.45, 2.75) is 37.9 Å². The lowest BCUT2D eigenvalue weighted by atomic mass is 9.75. The Balaban J connectivity index is 2.13. The average molecular weight is 129 g/mol. The summed E-state index contributed by atoms with van der Waals surface area (Å²) in [5, 5.41) is 0. The lowest BCUT2D eigenvalue weighted by Crippen LogP contribution is -2.03. The van der Waals surface area contributed by atoms with Crippen molar-refractivity contribution in [3.05, 3.63) is 0 Å². The molecule has 0 nitrogen and oxygen atoms in total. The largest absolute Gasteiger partial charge is 0.241 e. The first-order valence-electron chi connectivity index (χ1n) is 3.37. The molecule has 45 valence electrons. The third kappa shape index (κ3) is 1.70. The predicted molar refractivity (Wildman–Crippen MR) is 38.4 cm³/mol. The number of halogens is 1. The molecule has 0 amide bonds. The van der Waals surface area contributed by atoms with E-state index >= 15 is 0 Å². The summed E-state index contributed by atoms with van der Waals surface area (Å²) in [6, 6.07) is 0. The fourth-order valence-corrected chi connectivity index (χ4v) is 1.51. The van der Waals surface area contributed by atoms with Crippen LogP contribution in [0.2, 0.25) is 5.82 Å². The van der Waals surface area contributed by atoms with Crippen LogP contribution in [0.5, 0.6) is 0 Å². The van der Waals surface area contributed by atoms with Gasteiger partial charge in [-0.2, -0.15) is 0 Å². The smallest absolute Gasteiger partial charge is 0.204 e. The molecule has 2 heteroatoms. The second kappa shape index (κ2) is 3.39. The molecule has 1 aliphatic rings. The molecule has 0 aromatic carbocycles. The summed E-state index contributed by atoms with van der Waals surface area (Å²) >= 11 is 5.56. The van der Waals surface area contributed by atoms with Crippen molar-refractivity contribution in [2.24, 2.45) is 0 Å².